The SMILES string of the molecule is NC(N)=NN=Cc1cc(F)c(Br)cc1I. The number of guanidine groups is 1. The summed E-state index contributed by atoms with van der Waals surface area (Å²) in [5.41, 5.74) is 10.8. The Balaban J connectivity index is 3.01. The Hall–Kier alpha value is -0.700. The number of benzene rings is 1. The standard InChI is InChI=1S/C8H7BrFIN4/c9-5-2-7(11)4(1-6(5)10)3-14-15-8(12)13/h1-3H,(H4,12,13,15). The van der Waals surface area contributed by atoms with Crippen molar-refractivity contribution in [2.24, 2.45) is 21.7 Å². The first kappa shape index (κ1) is 12.4. The van der Waals surface area contributed by atoms with E-state index in [1.54, 1.807) is 6.07 Å². The van der Waals surface area contributed by atoms with Gasteiger partial charge in [0.2, 0.25) is 5.96 Å². The van der Waals surface area contributed by atoms with Crippen LogP contribution in [-0.4, -0.2) is 12.2 Å². The van der Waals surface area contributed by atoms with Gasteiger partial charge in [0.25, 0.3) is 0 Å². The van der Waals surface area contributed by atoms with E-state index in [9.17, 15) is 4.39 Å². The normalized spacial score (nSPS) is 10.6. The maximum atomic E-state index is 13.1. The molecule has 0 unspecified atom stereocenters. The molecule has 0 saturated heterocycles. The van der Waals surface area contributed by atoms with E-state index in [0.29, 0.717) is 10.0 Å². The van der Waals surface area contributed by atoms with Gasteiger partial charge in [0.15, 0.2) is 0 Å². The molecule has 80 valence electrons. The van der Waals surface area contributed by atoms with Gasteiger partial charge >= 0.3 is 0 Å². The van der Waals surface area contributed by atoms with Gasteiger partial charge in [0.1, 0.15) is 5.82 Å². The Morgan fingerprint density at radius 1 is 1.47 bits per heavy atom. The molecule has 0 fully saturated rings. The van der Waals surface area contributed by atoms with Crippen molar-refractivity contribution in [3.8, 4) is 0 Å². The maximum absolute atomic E-state index is 13.1. The third-order valence-corrected chi connectivity index (χ3v) is 2.95. The lowest BCUT2D eigenvalue weighted by atomic mass is 10.2. The molecule has 0 bridgehead atoms. The van der Waals surface area contributed by atoms with E-state index in [1.807, 2.05) is 0 Å². The molecule has 0 amide bonds. The van der Waals surface area contributed by atoms with E-state index in [-0.39, 0.29) is 11.8 Å². The lowest BCUT2D eigenvalue weighted by Gasteiger charge is -1.99. The molecule has 0 aromatic heterocycles. The van der Waals surface area contributed by atoms with Gasteiger partial charge < -0.3 is 11.5 Å². The lowest BCUT2D eigenvalue weighted by Crippen LogP contribution is -2.21. The molecule has 7 heteroatoms. The molecule has 1 rings (SSSR count). The number of hydrogen-bond donors (Lipinski definition) is 2. The van der Waals surface area contributed by atoms with E-state index in [1.165, 1.54) is 12.3 Å². The summed E-state index contributed by atoms with van der Waals surface area (Å²) < 4.78 is 14.4. The van der Waals surface area contributed by atoms with Crippen LogP contribution in [0.4, 0.5) is 4.39 Å². The fraction of sp³-hybridized carbons (Fsp3) is 0. The Morgan fingerprint density at radius 3 is 2.73 bits per heavy atom. The zero-order valence-electron chi connectivity index (χ0n) is 7.42. The Kier molecular flexibility index (Phi) is 4.45. The zero-order valence-corrected chi connectivity index (χ0v) is 11.2. The molecule has 0 radical (unpaired) electrons. The minimum Gasteiger partial charge on any atom is -0.369 e. The highest BCUT2D eigenvalue weighted by Gasteiger charge is 2.04. The van der Waals surface area contributed by atoms with Crippen molar-refractivity contribution in [1.82, 2.24) is 0 Å². The van der Waals surface area contributed by atoms with E-state index < -0.39 is 0 Å². The van der Waals surface area contributed by atoms with Crippen LogP contribution < -0.4 is 11.5 Å². The van der Waals surface area contributed by atoms with Crippen molar-refractivity contribution >= 4 is 50.7 Å². The minimum atomic E-state index is -0.360. The Bertz CT molecular complexity index is 429. The molecule has 15 heavy (non-hydrogen) atoms. The molecule has 0 heterocycles. The highest BCUT2D eigenvalue weighted by atomic mass is 127. The Morgan fingerprint density at radius 2 is 2.13 bits per heavy atom. The molecular weight excluding hydrogens is 378 g/mol. The third-order valence-electron chi connectivity index (χ3n) is 1.41. The van der Waals surface area contributed by atoms with Gasteiger partial charge in [-0.15, -0.1) is 5.10 Å². The van der Waals surface area contributed by atoms with Gasteiger partial charge in [-0.25, -0.2) is 4.39 Å². The first-order valence-electron chi connectivity index (χ1n) is 3.77. The molecule has 0 atom stereocenters. The first-order valence-corrected chi connectivity index (χ1v) is 5.64. The highest BCUT2D eigenvalue weighted by Crippen LogP contribution is 2.21. The van der Waals surface area contributed by atoms with Crippen LogP contribution in [-0.2, 0) is 0 Å². The van der Waals surface area contributed by atoms with Crippen LogP contribution in [0.3, 0.4) is 0 Å². The van der Waals surface area contributed by atoms with E-state index >= 15 is 0 Å². The minimum absolute atomic E-state index is 0.140. The van der Waals surface area contributed by atoms with Gasteiger partial charge in [-0.3, -0.25) is 0 Å². The van der Waals surface area contributed by atoms with Crippen LogP contribution in [0.5, 0.6) is 0 Å². The zero-order chi connectivity index (χ0) is 11.4. The molecular formula is C8H7BrFIN4. The molecule has 0 saturated carbocycles. The Labute approximate surface area is 108 Å². The summed E-state index contributed by atoms with van der Waals surface area (Å²) >= 11 is 5.14. The van der Waals surface area contributed by atoms with Gasteiger partial charge in [0.05, 0.1) is 10.7 Å². The van der Waals surface area contributed by atoms with E-state index in [2.05, 4.69) is 48.7 Å². The molecule has 1 aromatic carbocycles. The average molecular weight is 385 g/mol. The molecule has 4 nitrogen and oxygen atoms in total. The smallest absolute Gasteiger partial charge is 0.211 e. The average Bonchev–Trinajstić information content (AvgIpc) is 2.13. The molecule has 1 aromatic rings. The van der Waals surface area contributed by atoms with E-state index in [0.717, 1.165) is 3.57 Å². The third kappa shape index (κ3) is 3.74. The summed E-state index contributed by atoms with van der Waals surface area (Å²) in [6.07, 6.45) is 1.39. The van der Waals surface area contributed by atoms with Crippen LogP contribution >= 0.6 is 38.5 Å². The van der Waals surface area contributed by atoms with Crippen molar-refractivity contribution in [3.05, 3.63) is 31.6 Å². The molecule has 4 N–H and O–H groups in total. The number of rotatable bonds is 2. The van der Waals surface area contributed by atoms with Crippen molar-refractivity contribution in [2.45, 2.75) is 0 Å². The van der Waals surface area contributed by atoms with Crippen molar-refractivity contribution < 1.29 is 4.39 Å². The largest absolute Gasteiger partial charge is 0.369 e. The van der Waals surface area contributed by atoms with Crippen LogP contribution in [0.25, 0.3) is 0 Å². The fourth-order valence-corrected chi connectivity index (χ4v) is 2.17. The van der Waals surface area contributed by atoms with Crippen molar-refractivity contribution in [3.63, 3.8) is 0 Å². The molecule has 0 spiro atoms. The van der Waals surface area contributed by atoms with Crippen LogP contribution in [0.1, 0.15) is 5.56 Å². The van der Waals surface area contributed by atoms with Crippen LogP contribution in [0, 0.1) is 9.39 Å². The number of halogens is 3. The summed E-state index contributed by atoms with van der Waals surface area (Å²) in [6, 6.07) is 2.99. The second kappa shape index (κ2) is 5.40. The van der Waals surface area contributed by atoms with Crippen LogP contribution in [0.2, 0.25) is 0 Å². The summed E-state index contributed by atoms with van der Waals surface area (Å²) in [5, 5.41) is 7.02. The second-order valence-electron chi connectivity index (χ2n) is 2.56. The summed E-state index contributed by atoms with van der Waals surface area (Å²) in [5.74, 6) is -0.500. The summed E-state index contributed by atoms with van der Waals surface area (Å²) in [4.78, 5) is 0. The molecule has 0 aliphatic heterocycles. The summed E-state index contributed by atoms with van der Waals surface area (Å²) in [7, 11) is 0. The molecule has 0 aliphatic rings. The van der Waals surface area contributed by atoms with Crippen molar-refractivity contribution in [2.75, 3.05) is 0 Å². The van der Waals surface area contributed by atoms with E-state index in [4.69, 9.17) is 11.5 Å². The molecule has 0 aliphatic carbocycles. The quantitative estimate of drug-likeness (QED) is 0.268. The second-order valence-corrected chi connectivity index (χ2v) is 4.57. The van der Waals surface area contributed by atoms with Gasteiger partial charge in [-0.2, -0.15) is 5.10 Å². The van der Waals surface area contributed by atoms with Gasteiger partial charge in [0, 0.05) is 9.13 Å². The number of hydrogen-bond acceptors (Lipinski definition) is 2. The fourth-order valence-electron chi connectivity index (χ4n) is 0.795. The lowest BCUT2D eigenvalue weighted by molar-refractivity contribution is 0.620. The van der Waals surface area contributed by atoms with Crippen LogP contribution in [0.15, 0.2) is 26.8 Å². The monoisotopic (exact) mass is 384 g/mol. The summed E-state index contributed by atoms with van der Waals surface area (Å²) in [6.45, 7) is 0. The number of nitrogens with zero attached hydrogens (tertiary/aromatic N) is 2. The topological polar surface area (TPSA) is 76.8 Å². The van der Waals surface area contributed by atoms with Gasteiger partial charge in [-0.05, 0) is 50.7 Å². The first-order chi connectivity index (χ1) is 7.00. The van der Waals surface area contributed by atoms with Crippen molar-refractivity contribution in [1.29, 1.82) is 0 Å². The number of nitrogens with two attached hydrogens (primary N) is 2. The van der Waals surface area contributed by atoms with Gasteiger partial charge in [-0.1, -0.05) is 0 Å². The maximum Gasteiger partial charge on any atom is 0.211 e. The highest BCUT2D eigenvalue weighted by molar-refractivity contribution is 14.1. The predicted molar refractivity (Wildman–Crippen MR) is 70.2 cm³/mol. The predicted octanol–water partition coefficient (Wildman–Crippen LogP) is 1.80.